The van der Waals surface area contributed by atoms with Gasteiger partial charge >= 0.3 is 0 Å². The van der Waals surface area contributed by atoms with Gasteiger partial charge in [0.05, 0.1) is 42.4 Å². The maximum absolute atomic E-state index is 14.2. The van der Waals surface area contributed by atoms with Gasteiger partial charge in [0.2, 0.25) is 11.8 Å². The van der Waals surface area contributed by atoms with Crippen LogP contribution in [0.15, 0.2) is 36.4 Å². The van der Waals surface area contributed by atoms with E-state index in [0.29, 0.717) is 30.6 Å². The molecule has 0 aromatic heterocycles. The van der Waals surface area contributed by atoms with Crippen LogP contribution in [0.5, 0.6) is 0 Å². The van der Waals surface area contributed by atoms with Crippen LogP contribution in [0.2, 0.25) is 5.02 Å². The number of amides is 2. The van der Waals surface area contributed by atoms with Crippen LogP contribution in [0.3, 0.4) is 0 Å². The van der Waals surface area contributed by atoms with Gasteiger partial charge in [-0.25, -0.2) is 13.2 Å². The van der Waals surface area contributed by atoms with Gasteiger partial charge in [-0.1, -0.05) is 23.7 Å². The van der Waals surface area contributed by atoms with Gasteiger partial charge in [0, 0.05) is 51.9 Å². The summed E-state index contributed by atoms with van der Waals surface area (Å²) in [6, 6.07) is 7.10. The smallest absolute Gasteiger partial charge is 0.240 e. The summed E-state index contributed by atoms with van der Waals surface area (Å²) >= 11 is 5.87. The Labute approximate surface area is 263 Å². The van der Waals surface area contributed by atoms with E-state index in [4.69, 9.17) is 21.1 Å². The number of carbonyl (C=O) groups is 2. The van der Waals surface area contributed by atoms with E-state index in [2.05, 4.69) is 5.32 Å². The van der Waals surface area contributed by atoms with E-state index < -0.39 is 59.9 Å². The molecule has 6 bridgehead atoms. The molecule has 4 aliphatic heterocycles. The first-order valence-electron chi connectivity index (χ1n) is 15.1. The van der Waals surface area contributed by atoms with Crippen LogP contribution >= 0.6 is 11.6 Å². The average molecular weight is 653 g/mol. The maximum atomic E-state index is 14.2. The van der Waals surface area contributed by atoms with Crippen molar-refractivity contribution in [2.45, 2.75) is 68.5 Å². The summed E-state index contributed by atoms with van der Waals surface area (Å²) in [6.07, 6.45) is -4.80. The number of hydrogen-bond acceptors (Lipinski definition) is 8. The zero-order chi connectivity index (χ0) is 31.8. The van der Waals surface area contributed by atoms with Gasteiger partial charge < -0.3 is 29.9 Å². The first kappa shape index (κ1) is 32.2. The molecule has 0 saturated carbocycles. The molecule has 10 nitrogen and oxygen atoms in total. The molecule has 14 heteroatoms. The highest BCUT2D eigenvalue weighted by Gasteiger charge is 2.46. The molecule has 4 aliphatic rings. The second-order valence-electron chi connectivity index (χ2n) is 12.3. The Kier molecular flexibility index (Phi) is 9.67. The normalized spacial score (nSPS) is 31.8. The van der Waals surface area contributed by atoms with Crippen molar-refractivity contribution in [1.82, 2.24) is 20.0 Å². The number of benzene rings is 2. The molecule has 0 radical (unpaired) electrons. The molecule has 6 rings (SSSR count). The predicted octanol–water partition coefficient (Wildman–Crippen LogP) is 1.44. The molecule has 2 amide bonds. The van der Waals surface area contributed by atoms with E-state index >= 15 is 0 Å². The summed E-state index contributed by atoms with van der Waals surface area (Å²) in [5, 5.41) is 24.6. The van der Waals surface area contributed by atoms with Crippen LogP contribution in [0.25, 0.3) is 0 Å². The van der Waals surface area contributed by atoms with Crippen LogP contribution in [-0.2, 0) is 32.2 Å². The third-order valence-electron chi connectivity index (χ3n) is 9.01. The Hall–Kier alpha value is -2.78. The zero-order valence-electron chi connectivity index (χ0n) is 24.5. The average Bonchev–Trinajstić information content (AvgIpc) is 3.51. The lowest BCUT2D eigenvalue weighted by Gasteiger charge is -2.38. The van der Waals surface area contributed by atoms with Crippen molar-refractivity contribution in [3.8, 4) is 0 Å². The summed E-state index contributed by atoms with van der Waals surface area (Å²) < 4.78 is 53.9. The number of nitrogens with one attached hydrogen (secondary N) is 1. The number of fused-ring (bicyclic) bond motifs is 6. The molecule has 2 aromatic carbocycles. The van der Waals surface area contributed by atoms with Crippen molar-refractivity contribution in [3.05, 3.63) is 70.0 Å². The molecule has 4 saturated heterocycles. The van der Waals surface area contributed by atoms with Crippen LogP contribution in [-0.4, -0.2) is 119 Å². The largest absolute Gasteiger partial charge is 0.388 e. The van der Waals surface area contributed by atoms with Crippen molar-refractivity contribution in [2.24, 2.45) is 0 Å². The first-order chi connectivity index (χ1) is 21.5. The fraction of sp³-hybridized carbons (Fsp3) is 0.548. The minimum Gasteiger partial charge on any atom is -0.388 e. The molecule has 3 N–H and O–H groups in total. The highest BCUT2D eigenvalue weighted by atomic mass is 35.5. The quantitative estimate of drug-likeness (QED) is 0.455. The van der Waals surface area contributed by atoms with Crippen LogP contribution < -0.4 is 5.32 Å². The van der Waals surface area contributed by atoms with Gasteiger partial charge in [0.15, 0.2) is 11.6 Å². The van der Waals surface area contributed by atoms with E-state index in [9.17, 15) is 33.0 Å². The highest BCUT2D eigenvalue weighted by molar-refractivity contribution is 6.30. The van der Waals surface area contributed by atoms with E-state index in [0.717, 1.165) is 12.1 Å². The molecule has 4 heterocycles. The van der Waals surface area contributed by atoms with Gasteiger partial charge in [0.1, 0.15) is 18.0 Å². The molecule has 0 spiro atoms. The second kappa shape index (κ2) is 13.5. The Morgan fingerprint density at radius 2 is 1.62 bits per heavy atom. The standard InChI is InChI=1S/C31H36ClF3N4O6/c32-21-3-1-18(7-23(21)34)12-39-13-19-9-25(39)31(43)38-5-6-44-20(15-38)14-37(11-17-2-4-22(33)24(35)8-17)16-27-30(42)29(41)26(45-27)10-28(40)36-19/h1-4,7-8,19-20,25-27,29-30,41-42H,5-6,9-16H2,(H,36,40)/t19-,20+,25-,26-,27+,29-,30+/m0/s1. The predicted molar refractivity (Wildman–Crippen MR) is 155 cm³/mol. The fourth-order valence-corrected chi connectivity index (χ4v) is 6.93. The number of aliphatic hydroxyl groups excluding tert-OH is 2. The number of halogens is 4. The van der Waals surface area contributed by atoms with Gasteiger partial charge in [-0.2, -0.15) is 0 Å². The maximum Gasteiger partial charge on any atom is 0.240 e. The third-order valence-corrected chi connectivity index (χ3v) is 9.32. The molecule has 0 unspecified atom stereocenters. The van der Waals surface area contributed by atoms with Gasteiger partial charge in [-0.05, 0) is 41.8 Å². The lowest BCUT2D eigenvalue weighted by Crippen LogP contribution is -2.54. The molecule has 4 fully saturated rings. The molecule has 7 atom stereocenters. The Bertz CT molecular complexity index is 1420. The lowest BCUT2D eigenvalue weighted by atomic mass is 10.0. The minimum absolute atomic E-state index is 0.00283. The van der Waals surface area contributed by atoms with E-state index in [1.165, 1.54) is 18.2 Å². The molecule has 45 heavy (non-hydrogen) atoms. The van der Waals surface area contributed by atoms with Crippen molar-refractivity contribution in [3.63, 3.8) is 0 Å². The van der Waals surface area contributed by atoms with Gasteiger partial charge in [-0.15, -0.1) is 0 Å². The number of nitrogens with zero attached hydrogens (tertiary/aromatic N) is 3. The summed E-state index contributed by atoms with van der Waals surface area (Å²) in [5.74, 6) is -3.07. The van der Waals surface area contributed by atoms with Crippen LogP contribution in [0.1, 0.15) is 24.0 Å². The number of morpholine rings is 1. The third kappa shape index (κ3) is 7.30. The summed E-state index contributed by atoms with van der Waals surface area (Å²) in [7, 11) is 0. The summed E-state index contributed by atoms with van der Waals surface area (Å²) in [6.45, 7) is 1.98. The molecule has 244 valence electrons. The number of hydrogen-bond donors (Lipinski definition) is 3. The number of likely N-dealkylation sites (tertiary alicyclic amines) is 1. The van der Waals surface area contributed by atoms with Crippen molar-refractivity contribution >= 4 is 23.4 Å². The van der Waals surface area contributed by atoms with Crippen LogP contribution in [0.4, 0.5) is 13.2 Å². The SMILES string of the molecule is O=C1C[C@@H]2O[C@H](CN(Cc3ccc(F)c(F)c3)C[C@@H]3CN(CCO3)C(=O)[C@@H]3C[C@@H](CN3Cc3ccc(Cl)c(F)c3)N1)[C@@H](O)[C@H]2O. The Morgan fingerprint density at radius 3 is 2.40 bits per heavy atom. The lowest BCUT2D eigenvalue weighted by molar-refractivity contribution is -0.145. The van der Waals surface area contributed by atoms with Crippen molar-refractivity contribution < 1.29 is 42.4 Å². The molecular weight excluding hydrogens is 617 g/mol. The first-order valence-corrected chi connectivity index (χ1v) is 15.5. The summed E-state index contributed by atoms with van der Waals surface area (Å²) in [5.41, 5.74) is 1.10. The van der Waals surface area contributed by atoms with Crippen molar-refractivity contribution in [1.29, 1.82) is 0 Å². The molecular formula is C31H36ClF3N4O6. The highest BCUT2D eigenvalue weighted by Crippen LogP contribution is 2.28. The van der Waals surface area contributed by atoms with Gasteiger partial charge in [-0.3, -0.25) is 19.4 Å². The Balaban J connectivity index is 1.27. The minimum atomic E-state index is -1.32. The Morgan fingerprint density at radius 1 is 0.889 bits per heavy atom. The molecule has 2 aromatic rings. The number of ether oxygens (including phenoxy) is 2. The van der Waals surface area contributed by atoms with Gasteiger partial charge in [0.25, 0.3) is 0 Å². The van der Waals surface area contributed by atoms with E-state index in [-0.39, 0.29) is 62.7 Å². The van der Waals surface area contributed by atoms with E-state index in [1.54, 1.807) is 11.0 Å². The zero-order valence-corrected chi connectivity index (χ0v) is 25.2. The summed E-state index contributed by atoms with van der Waals surface area (Å²) in [4.78, 5) is 32.6. The monoisotopic (exact) mass is 652 g/mol. The molecule has 0 aliphatic carbocycles. The van der Waals surface area contributed by atoms with E-state index in [1.807, 2.05) is 9.80 Å². The van der Waals surface area contributed by atoms with Crippen LogP contribution in [0, 0.1) is 17.5 Å². The number of rotatable bonds is 4. The number of aliphatic hydroxyl groups is 2. The topological polar surface area (TPSA) is 115 Å². The second-order valence-corrected chi connectivity index (χ2v) is 12.7. The van der Waals surface area contributed by atoms with Crippen molar-refractivity contribution in [2.75, 3.05) is 39.3 Å². The number of carbonyl (C=O) groups excluding carboxylic acids is 2. The fourth-order valence-electron chi connectivity index (χ4n) is 6.81.